The van der Waals surface area contributed by atoms with Crippen LogP contribution in [0.5, 0.6) is 0 Å². The lowest BCUT2D eigenvalue weighted by Crippen LogP contribution is -2.33. The summed E-state index contributed by atoms with van der Waals surface area (Å²) in [5.41, 5.74) is 6.17. The lowest BCUT2D eigenvalue weighted by molar-refractivity contribution is 0.0827. The van der Waals surface area contributed by atoms with Crippen molar-refractivity contribution in [3.63, 3.8) is 0 Å². The average molecular weight is 484 g/mol. The van der Waals surface area contributed by atoms with Crippen LogP contribution < -0.4 is 5.32 Å². The number of piperidine rings is 1. The van der Waals surface area contributed by atoms with Crippen LogP contribution in [-0.4, -0.2) is 69.7 Å². The molecule has 0 unspecified atom stereocenters. The zero-order valence-corrected chi connectivity index (χ0v) is 21.4. The monoisotopic (exact) mass is 483 g/mol. The number of aromatic nitrogens is 4. The second-order valence-electron chi connectivity index (χ2n) is 9.72. The fourth-order valence-electron chi connectivity index (χ4n) is 5.07. The van der Waals surface area contributed by atoms with E-state index in [1.807, 2.05) is 43.6 Å². The van der Waals surface area contributed by atoms with Crippen LogP contribution in [0.2, 0.25) is 0 Å². The highest BCUT2D eigenvalue weighted by Crippen LogP contribution is 2.31. The van der Waals surface area contributed by atoms with Gasteiger partial charge in [-0.05, 0) is 73.8 Å². The number of nitrogens with zero attached hydrogens (tertiary/aromatic N) is 6. The number of likely N-dealkylation sites (tertiary alicyclic amines) is 1. The van der Waals surface area contributed by atoms with E-state index >= 15 is 0 Å². The first kappa shape index (κ1) is 23.9. The zero-order chi connectivity index (χ0) is 25.2. The predicted octanol–water partition coefficient (Wildman–Crippen LogP) is 4.15. The lowest BCUT2D eigenvalue weighted by Gasteiger charge is -2.32. The molecule has 1 N–H and O–H groups in total. The predicted molar refractivity (Wildman–Crippen MR) is 143 cm³/mol. The first-order chi connectivity index (χ1) is 17.4. The summed E-state index contributed by atoms with van der Waals surface area (Å²) in [6.45, 7) is 2.98. The summed E-state index contributed by atoms with van der Waals surface area (Å²) in [4.78, 5) is 21.0. The smallest absolute Gasteiger partial charge is 0.253 e. The summed E-state index contributed by atoms with van der Waals surface area (Å²) < 4.78 is 2.20. The Balaban J connectivity index is 1.28. The van der Waals surface area contributed by atoms with Gasteiger partial charge in [-0.15, -0.1) is 10.2 Å². The molecular weight excluding hydrogens is 450 g/mol. The standard InChI is InChI=1S/C28H33N7O/c1-29-26-10-9-25(31-32-26)23-11-14-30-27-24(23)17-22(34(27)4)18-35-15-12-20(13-16-35)19-5-7-21(8-6-19)28(36)33(2)3/h5-11,14,17,20H,12-13,15-16,18H2,1-4H3,(H,29,32). The highest BCUT2D eigenvalue weighted by molar-refractivity contribution is 5.94. The lowest BCUT2D eigenvalue weighted by atomic mass is 9.89. The zero-order valence-electron chi connectivity index (χ0n) is 21.4. The Bertz CT molecular complexity index is 1350. The molecule has 4 heterocycles. The van der Waals surface area contributed by atoms with Crippen LogP contribution in [0.25, 0.3) is 22.3 Å². The van der Waals surface area contributed by atoms with E-state index < -0.39 is 0 Å². The Labute approximate surface area is 212 Å². The van der Waals surface area contributed by atoms with Crippen LogP contribution in [-0.2, 0) is 13.6 Å². The van der Waals surface area contributed by atoms with Crippen LogP contribution in [0.3, 0.4) is 0 Å². The summed E-state index contributed by atoms with van der Waals surface area (Å²) in [5, 5.41) is 12.8. The first-order valence-electron chi connectivity index (χ1n) is 12.4. The molecule has 1 amide bonds. The SMILES string of the molecule is CNc1ccc(-c2ccnc3c2cc(CN2CCC(c4ccc(C(=O)N(C)C)cc4)CC2)n3C)nn1. The minimum Gasteiger partial charge on any atom is -0.372 e. The number of nitrogens with one attached hydrogen (secondary N) is 1. The molecule has 4 aromatic rings. The fourth-order valence-corrected chi connectivity index (χ4v) is 5.07. The van der Waals surface area contributed by atoms with Gasteiger partial charge in [0, 0.05) is 63.1 Å². The Morgan fingerprint density at radius 2 is 1.81 bits per heavy atom. The largest absolute Gasteiger partial charge is 0.372 e. The molecule has 5 rings (SSSR count). The van der Waals surface area contributed by atoms with Gasteiger partial charge >= 0.3 is 0 Å². The van der Waals surface area contributed by atoms with Gasteiger partial charge in [-0.1, -0.05) is 12.1 Å². The minimum atomic E-state index is 0.0472. The van der Waals surface area contributed by atoms with Gasteiger partial charge in [0.2, 0.25) is 0 Å². The van der Waals surface area contributed by atoms with Gasteiger partial charge in [-0.3, -0.25) is 9.69 Å². The van der Waals surface area contributed by atoms with Crippen molar-refractivity contribution in [3.8, 4) is 11.3 Å². The second-order valence-corrected chi connectivity index (χ2v) is 9.72. The van der Waals surface area contributed by atoms with Crippen molar-refractivity contribution in [2.75, 3.05) is 39.5 Å². The molecule has 8 heteroatoms. The number of pyridine rings is 1. The fraction of sp³-hybridized carbons (Fsp3) is 0.357. The van der Waals surface area contributed by atoms with Gasteiger partial charge in [-0.25, -0.2) is 4.98 Å². The number of hydrogen-bond donors (Lipinski definition) is 1. The average Bonchev–Trinajstić information content (AvgIpc) is 3.24. The van der Waals surface area contributed by atoms with Crippen molar-refractivity contribution in [2.45, 2.75) is 25.3 Å². The van der Waals surface area contributed by atoms with Gasteiger partial charge in [0.05, 0.1) is 5.69 Å². The molecule has 0 spiro atoms. The third-order valence-corrected chi connectivity index (χ3v) is 7.23. The number of carbonyl (C=O) groups excluding carboxylic acids is 1. The van der Waals surface area contributed by atoms with Gasteiger partial charge in [-0.2, -0.15) is 0 Å². The molecule has 1 aliphatic heterocycles. The summed E-state index contributed by atoms with van der Waals surface area (Å²) in [6, 6.07) is 16.4. The topological polar surface area (TPSA) is 79.2 Å². The van der Waals surface area contributed by atoms with Crippen LogP contribution in [0.1, 0.15) is 40.4 Å². The molecule has 3 aromatic heterocycles. The van der Waals surface area contributed by atoms with Crippen molar-refractivity contribution >= 4 is 22.8 Å². The van der Waals surface area contributed by atoms with Gasteiger partial charge in [0.25, 0.3) is 5.91 Å². The molecule has 1 aromatic carbocycles. The number of rotatable bonds is 6. The number of benzene rings is 1. The van der Waals surface area contributed by atoms with Crippen LogP contribution in [0, 0.1) is 0 Å². The van der Waals surface area contributed by atoms with E-state index in [2.05, 4.69) is 55.2 Å². The number of carbonyl (C=O) groups is 1. The number of anilines is 1. The molecule has 8 nitrogen and oxygen atoms in total. The highest BCUT2D eigenvalue weighted by atomic mass is 16.2. The van der Waals surface area contributed by atoms with E-state index in [4.69, 9.17) is 0 Å². The molecule has 0 atom stereocenters. The number of fused-ring (bicyclic) bond motifs is 1. The molecule has 1 saturated heterocycles. The Kier molecular flexibility index (Phi) is 6.69. The molecular formula is C28H33N7O. The van der Waals surface area contributed by atoms with Crippen molar-refractivity contribution < 1.29 is 4.79 Å². The molecule has 36 heavy (non-hydrogen) atoms. The molecule has 1 fully saturated rings. The maximum absolute atomic E-state index is 12.2. The molecule has 0 aliphatic carbocycles. The minimum absolute atomic E-state index is 0.0472. The van der Waals surface area contributed by atoms with Crippen molar-refractivity contribution in [2.24, 2.45) is 7.05 Å². The van der Waals surface area contributed by atoms with Crippen molar-refractivity contribution in [1.82, 2.24) is 29.5 Å². The van der Waals surface area contributed by atoms with E-state index in [0.717, 1.165) is 66.1 Å². The molecule has 0 bridgehead atoms. The van der Waals surface area contributed by atoms with E-state index in [0.29, 0.717) is 5.92 Å². The van der Waals surface area contributed by atoms with E-state index in [9.17, 15) is 4.79 Å². The number of hydrogen-bond acceptors (Lipinski definition) is 6. The van der Waals surface area contributed by atoms with Crippen molar-refractivity contribution in [1.29, 1.82) is 0 Å². The quantitative estimate of drug-likeness (QED) is 0.444. The van der Waals surface area contributed by atoms with Crippen LogP contribution >= 0.6 is 0 Å². The number of amides is 1. The van der Waals surface area contributed by atoms with E-state index in [1.54, 1.807) is 19.0 Å². The van der Waals surface area contributed by atoms with E-state index in [-0.39, 0.29) is 5.91 Å². The summed E-state index contributed by atoms with van der Waals surface area (Å²) in [5.74, 6) is 1.33. The van der Waals surface area contributed by atoms with Gasteiger partial charge in [0.1, 0.15) is 11.5 Å². The third kappa shape index (κ3) is 4.68. The summed E-state index contributed by atoms with van der Waals surface area (Å²) in [6.07, 6.45) is 4.07. The molecule has 0 radical (unpaired) electrons. The van der Waals surface area contributed by atoms with Crippen LogP contribution in [0.4, 0.5) is 5.82 Å². The summed E-state index contributed by atoms with van der Waals surface area (Å²) in [7, 11) is 7.50. The molecule has 186 valence electrons. The Morgan fingerprint density at radius 3 is 2.44 bits per heavy atom. The van der Waals surface area contributed by atoms with Crippen LogP contribution in [0.15, 0.2) is 54.7 Å². The Hall–Kier alpha value is -3.78. The third-order valence-electron chi connectivity index (χ3n) is 7.23. The summed E-state index contributed by atoms with van der Waals surface area (Å²) >= 11 is 0. The maximum atomic E-state index is 12.2. The Morgan fingerprint density at radius 1 is 1.06 bits per heavy atom. The normalized spacial score (nSPS) is 14.8. The second kappa shape index (κ2) is 10.1. The highest BCUT2D eigenvalue weighted by Gasteiger charge is 2.23. The maximum Gasteiger partial charge on any atom is 0.253 e. The van der Waals surface area contributed by atoms with E-state index in [1.165, 1.54) is 11.3 Å². The van der Waals surface area contributed by atoms with Crippen molar-refractivity contribution in [3.05, 3.63) is 71.5 Å². The first-order valence-corrected chi connectivity index (χ1v) is 12.4. The molecule has 0 saturated carbocycles. The molecule has 1 aliphatic rings. The van der Waals surface area contributed by atoms with Gasteiger partial charge < -0.3 is 14.8 Å². The van der Waals surface area contributed by atoms with Gasteiger partial charge in [0.15, 0.2) is 0 Å². The number of aryl methyl sites for hydroxylation is 1.